The van der Waals surface area contributed by atoms with Crippen LogP contribution in [0, 0.1) is 11.8 Å². The van der Waals surface area contributed by atoms with Crippen molar-refractivity contribution in [2.75, 3.05) is 7.11 Å². The molecule has 0 heterocycles. The van der Waals surface area contributed by atoms with E-state index in [-0.39, 0.29) is 23.3 Å². The molecule has 1 aromatic carbocycles. The van der Waals surface area contributed by atoms with E-state index in [1.807, 2.05) is 0 Å². The first kappa shape index (κ1) is 19.1. The number of ether oxygens (including phenoxy) is 2. The average Bonchev–Trinajstić information content (AvgIpc) is 2.58. The van der Waals surface area contributed by atoms with Gasteiger partial charge in [0.05, 0.1) is 7.11 Å². The second kappa shape index (κ2) is 8.23. The van der Waals surface area contributed by atoms with Crippen LogP contribution in [0.2, 0.25) is 0 Å². The lowest BCUT2D eigenvalue weighted by atomic mass is 9.78. The van der Waals surface area contributed by atoms with Crippen LogP contribution in [0.15, 0.2) is 18.2 Å². The Balaban J connectivity index is 1.95. The molecule has 1 saturated carbocycles. The van der Waals surface area contributed by atoms with Gasteiger partial charge >= 0.3 is 5.97 Å². The Bertz CT molecular complexity index is 630. The summed E-state index contributed by atoms with van der Waals surface area (Å²) in [7, 11) is 1.46. The van der Waals surface area contributed by atoms with Gasteiger partial charge in [-0.25, -0.2) is 4.79 Å². The van der Waals surface area contributed by atoms with Crippen LogP contribution < -0.4 is 10.1 Å². The van der Waals surface area contributed by atoms with E-state index in [2.05, 4.69) is 19.2 Å². The number of benzene rings is 1. The number of phenolic OH excluding ortho intramolecular Hbond substituents is 1. The van der Waals surface area contributed by atoms with Crippen LogP contribution in [0.1, 0.15) is 50.4 Å². The first-order valence-electron chi connectivity index (χ1n) is 8.71. The van der Waals surface area contributed by atoms with E-state index >= 15 is 0 Å². The van der Waals surface area contributed by atoms with Crippen molar-refractivity contribution in [3.05, 3.63) is 23.8 Å². The molecule has 6 nitrogen and oxygen atoms in total. The molecular formula is C19H27NO5. The average molecular weight is 349 g/mol. The second-order valence-electron chi connectivity index (χ2n) is 6.81. The molecule has 138 valence electrons. The van der Waals surface area contributed by atoms with Gasteiger partial charge in [0, 0.05) is 12.1 Å². The van der Waals surface area contributed by atoms with E-state index < -0.39 is 12.1 Å². The number of aromatic hydroxyl groups is 1. The summed E-state index contributed by atoms with van der Waals surface area (Å²) in [4.78, 5) is 24.5. The maximum absolute atomic E-state index is 12.3. The minimum absolute atomic E-state index is 0.0000988. The van der Waals surface area contributed by atoms with Gasteiger partial charge in [0.25, 0.3) is 5.91 Å². The molecule has 0 radical (unpaired) electrons. The van der Waals surface area contributed by atoms with Gasteiger partial charge in [0.2, 0.25) is 0 Å². The van der Waals surface area contributed by atoms with Gasteiger partial charge in [0.15, 0.2) is 6.10 Å². The molecule has 0 aromatic heterocycles. The quantitative estimate of drug-likeness (QED) is 0.799. The monoisotopic (exact) mass is 349 g/mol. The zero-order chi connectivity index (χ0) is 18.6. The number of carbonyl (C=O) groups excluding carboxylic acids is 2. The number of esters is 1. The fourth-order valence-corrected chi connectivity index (χ4v) is 3.17. The van der Waals surface area contributed by atoms with E-state index in [4.69, 9.17) is 9.47 Å². The molecule has 0 saturated heterocycles. The summed E-state index contributed by atoms with van der Waals surface area (Å²) in [5, 5.41) is 12.9. The molecule has 6 heteroatoms. The Kier molecular flexibility index (Phi) is 6.28. The summed E-state index contributed by atoms with van der Waals surface area (Å²) in [5.74, 6) is 0.0893. The van der Waals surface area contributed by atoms with Crippen molar-refractivity contribution in [2.45, 2.75) is 52.2 Å². The van der Waals surface area contributed by atoms with E-state index in [0.717, 1.165) is 12.8 Å². The lowest BCUT2D eigenvalue weighted by Crippen LogP contribution is -2.47. The molecule has 1 aliphatic rings. The van der Waals surface area contributed by atoms with Gasteiger partial charge in [-0.2, -0.15) is 0 Å². The summed E-state index contributed by atoms with van der Waals surface area (Å²) >= 11 is 0. The van der Waals surface area contributed by atoms with Crippen LogP contribution >= 0.6 is 0 Å². The highest BCUT2D eigenvalue weighted by Gasteiger charge is 2.30. The minimum atomic E-state index is -0.932. The molecule has 25 heavy (non-hydrogen) atoms. The third kappa shape index (κ3) is 4.65. The topological polar surface area (TPSA) is 84.9 Å². The molecule has 1 aliphatic carbocycles. The minimum Gasteiger partial charge on any atom is -0.507 e. The molecule has 0 aliphatic heterocycles. The molecule has 0 bridgehead atoms. The highest BCUT2D eigenvalue weighted by atomic mass is 16.5. The number of methoxy groups -OCH3 is 1. The van der Waals surface area contributed by atoms with Crippen LogP contribution in [-0.4, -0.2) is 36.2 Å². The van der Waals surface area contributed by atoms with Crippen LogP contribution in [0.25, 0.3) is 0 Å². The SMILES string of the molecule is COc1ccc(C(=O)O[C@H](C)C(=O)N[C@H]2CCC[C@H](C)[C@H]2C)c(O)c1. The predicted octanol–water partition coefficient (Wildman–Crippen LogP) is 2.89. The van der Waals surface area contributed by atoms with Crippen molar-refractivity contribution < 1.29 is 24.2 Å². The van der Waals surface area contributed by atoms with Gasteiger partial charge in [-0.1, -0.05) is 26.7 Å². The molecule has 2 rings (SSSR count). The van der Waals surface area contributed by atoms with Crippen molar-refractivity contribution in [3.8, 4) is 11.5 Å². The Morgan fingerprint density at radius 2 is 2.00 bits per heavy atom. The number of hydrogen-bond donors (Lipinski definition) is 2. The molecule has 4 atom stereocenters. The Labute approximate surface area is 148 Å². The lowest BCUT2D eigenvalue weighted by molar-refractivity contribution is -0.130. The van der Waals surface area contributed by atoms with E-state index in [1.54, 1.807) is 6.07 Å². The van der Waals surface area contributed by atoms with E-state index in [0.29, 0.717) is 17.6 Å². The molecule has 2 N–H and O–H groups in total. The number of hydrogen-bond acceptors (Lipinski definition) is 5. The molecule has 1 amide bonds. The lowest BCUT2D eigenvalue weighted by Gasteiger charge is -2.35. The van der Waals surface area contributed by atoms with Crippen LogP contribution in [0.5, 0.6) is 11.5 Å². The fourth-order valence-electron chi connectivity index (χ4n) is 3.17. The Hall–Kier alpha value is -2.24. The Morgan fingerprint density at radius 1 is 1.28 bits per heavy atom. The molecule has 1 aromatic rings. The zero-order valence-corrected chi connectivity index (χ0v) is 15.2. The molecular weight excluding hydrogens is 322 g/mol. The normalized spacial score (nSPS) is 24.2. The van der Waals surface area contributed by atoms with Crippen LogP contribution in [0.3, 0.4) is 0 Å². The van der Waals surface area contributed by atoms with Gasteiger partial charge in [-0.05, 0) is 37.3 Å². The largest absolute Gasteiger partial charge is 0.507 e. The fraction of sp³-hybridized carbons (Fsp3) is 0.579. The third-order valence-corrected chi connectivity index (χ3v) is 5.11. The maximum Gasteiger partial charge on any atom is 0.342 e. The summed E-state index contributed by atoms with van der Waals surface area (Å²) in [5.41, 5.74) is 0.0000988. The first-order valence-corrected chi connectivity index (χ1v) is 8.71. The van der Waals surface area contributed by atoms with Gasteiger partial charge in [0.1, 0.15) is 17.1 Å². The van der Waals surface area contributed by atoms with Gasteiger partial charge in [-0.3, -0.25) is 4.79 Å². The van der Waals surface area contributed by atoms with Crippen molar-refractivity contribution in [1.82, 2.24) is 5.32 Å². The van der Waals surface area contributed by atoms with Gasteiger partial charge in [-0.15, -0.1) is 0 Å². The summed E-state index contributed by atoms with van der Waals surface area (Å²) in [6.07, 6.45) is 2.27. The highest BCUT2D eigenvalue weighted by molar-refractivity contribution is 5.94. The van der Waals surface area contributed by atoms with Crippen molar-refractivity contribution in [3.63, 3.8) is 0 Å². The van der Waals surface area contributed by atoms with E-state index in [9.17, 15) is 14.7 Å². The standard InChI is InChI=1S/C19H27NO5/c1-11-6-5-7-16(12(11)2)20-18(22)13(3)25-19(23)15-9-8-14(24-4)10-17(15)21/h8-13,16,21H,5-7H2,1-4H3,(H,20,22)/t11-,12+,13+,16-/m0/s1. The maximum atomic E-state index is 12.3. The van der Waals surface area contributed by atoms with Crippen LogP contribution in [0.4, 0.5) is 0 Å². The summed E-state index contributed by atoms with van der Waals surface area (Å²) < 4.78 is 10.2. The summed E-state index contributed by atoms with van der Waals surface area (Å²) in [6, 6.07) is 4.39. The number of nitrogens with one attached hydrogen (secondary N) is 1. The first-order chi connectivity index (χ1) is 11.8. The third-order valence-electron chi connectivity index (χ3n) is 5.11. The zero-order valence-electron chi connectivity index (χ0n) is 15.2. The molecule has 0 unspecified atom stereocenters. The molecule has 1 fully saturated rings. The van der Waals surface area contributed by atoms with Crippen molar-refractivity contribution in [1.29, 1.82) is 0 Å². The summed E-state index contributed by atoms with van der Waals surface area (Å²) in [6.45, 7) is 5.87. The van der Waals surface area contributed by atoms with Crippen molar-refractivity contribution in [2.24, 2.45) is 11.8 Å². The number of carbonyl (C=O) groups is 2. The molecule has 0 spiro atoms. The van der Waals surface area contributed by atoms with Crippen LogP contribution in [-0.2, 0) is 9.53 Å². The van der Waals surface area contributed by atoms with Gasteiger partial charge < -0.3 is 19.9 Å². The highest BCUT2D eigenvalue weighted by Crippen LogP contribution is 2.29. The van der Waals surface area contributed by atoms with E-state index in [1.165, 1.54) is 32.6 Å². The smallest absolute Gasteiger partial charge is 0.342 e. The number of rotatable bonds is 5. The number of phenols is 1. The number of amides is 1. The second-order valence-corrected chi connectivity index (χ2v) is 6.81. The predicted molar refractivity (Wildman–Crippen MR) is 93.6 cm³/mol. The van der Waals surface area contributed by atoms with Crippen molar-refractivity contribution >= 4 is 11.9 Å². The Morgan fingerprint density at radius 3 is 2.64 bits per heavy atom.